The zero-order chi connectivity index (χ0) is 25.7. The summed E-state index contributed by atoms with van der Waals surface area (Å²) in [4.78, 5) is 19.9. The molecule has 0 aliphatic carbocycles. The molecule has 8 nitrogen and oxygen atoms in total. The molecule has 1 aliphatic heterocycles. The summed E-state index contributed by atoms with van der Waals surface area (Å²) in [7, 11) is 2.97. The van der Waals surface area contributed by atoms with Gasteiger partial charge in [0.1, 0.15) is 5.75 Å². The minimum atomic E-state index is -0.485. The van der Waals surface area contributed by atoms with Crippen molar-refractivity contribution >= 4 is 22.3 Å². The van der Waals surface area contributed by atoms with Crippen LogP contribution in [0.4, 0.5) is 15.8 Å². The van der Waals surface area contributed by atoms with Gasteiger partial charge in [0.05, 0.1) is 37.1 Å². The smallest absolute Gasteiger partial charge is 0.261 e. The van der Waals surface area contributed by atoms with Crippen molar-refractivity contribution in [3.63, 3.8) is 0 Å². The Morgan fingerprint density at radius 2 is 1.97 bits per heavy atom. The molecule has 9 heteroatoms. The minimum absolute atomic E-state index is 0.0603. The molecule has 2 heterocycles. The zero-order valence-electron chi connectivity index (χ0n) is 21.4. The number of ether oxygens (including phenoxy) is 3. The van der Waals surface area contributed by atoms with E-state index < -0.39 is 5.82 Å². The Balaban J connectivity index is 1.78. The van der Waals surface area contributed by atoms with Gasteiger partial charge in [0.25, 0.3) is 5.56 Å². The second-order valence-corrected chi connectivity index (χ2v) is 9.28. The lowest BCUT2D eigenvalue weighted by Gasteiger charge is -2.27. The highest BCUT2D eigenvalue weighted by Gasteiger charge is 2.22. The summed E-state index contributed by atoms with van der Waals surface area (Å²) in [6, 6.07) is 9.08. The molecule has 0 bridgehead atoms. The third-order valence-electron chi connectivity index (χ3n) is 6.51. The molecule has 1 aliphatic rings. The molecule has 0 radical (unpaired) electrons. The number of nitrogens with one attached hydrogen (secondary N) is 1. The Labute approximate surface area is 211 Å². The van der Waals surface area contributed by atoms with Crippen molar-refractivity contribution in [2.75, 3.05) is 45.4 Å². The first-order valence-corrected chi connectivity index (χ1v) is 12.4. The quantitative estimate of drug-likeness (QED) is 0.414. The summed E-state index contributed by atoms with van der Waals surface area (Å²) in [5.41, 5.74) is 1.53. The van der Waals surface area contributed by atoms with Gasteiger partial charge in [-0.3, -0.25) is 9.36 Å². The molecule has 1 saturated heterocycles. The molecule has 3 aromatic rings. The van der Waals surface area contributed by atoms with Gasteiger partial charge in [-0.15, -0.1) is 0 Å². The number of methoxy groups -OCH3 is 2. The summed E-state index contributed by atoms with van der Waals surface area (Å²) >= 11 is 0. The fourth-order valence-electron chi connectivity index (χ4n) is 4.55. The van der Waals surface area contributed by atoms with E-state index in [0.717, 1.165) is 25.8 Å². The van der Waals surface area contributed by atoms with Crippen LogP contribution in [0.2, 0.25) is 0 Å². The second kappa shape index (κ2) is 11.7. The van der Waals surface area contributed by atoms with Crippen LogP contribution in [0.3, 0.4) is 0 Å². The van der Waals surface area contributed by atoms with Gasteiger partial charge in [-0.1, -0.05) is 13.8 Å². The average Bonchev–Trinajstić information content (AvgIpc) is 2.90. The SMILES string of the molecule is COc1cc(OC)c(F)c(N(CCCNC(C)C)c2ccc3ncn(C4CCOCC4)c(=O)c3c2)c1. The largest absolute Gasteiger partial charge is 0.497 e. The van der Waals surface area contributed by atoms with Gasteiger partial charge in [-0.25, -0.2) is 9.37 Å². The highest BCUT2D eigenvalue weighted by molar-refractivity contribution is 5.83. The van der Waals surface area contributed by atoms with Crippen molar-refractivity contribution in [1.82, 2.24) is 14.9 Å². The van der Waals surface area contributed by atoms with Gasteiger partial charge in [-0.05, 0) is 44.0 Å². The maximum absolute atomic E-state index is 15.5. The van der Waals surface area contributed by atoms with E-state index in [1.807, 2.05) is 23.1 Å². The lowest BCUT2D eigenvalue weighted by Crippen LogP contribution is -2.30. The van der Waals surface area contributed by atoms with Crippen molar-refractivity contribution in [2.45, 2.75) is 45.2 Å². The monoisotopic (exact) mass is 498 g/mol. The van der Waals surface area contributed by atoms with Crippen LogP contribution in [0.25, 0.3) is 10.9 Å². The molecule has 2 aromatic carbocycles. The number of aromatic nitrogens is 2. The number of hydrogen-bond acceptors (Lipinski definition) is 7. The molecule has 4 rings (SSSR count). The van der Waals surface area contributed by atoms with Crippen LogP contribution in [0.5, 0.6) is 11.5 Å². The van der Waals surface area contributed by atoms with Crippen LogP contribution in [0, 0.1) is 5.82 Å². The normalized spacial score (nSPS) is 14.4. The van der Waals surface area contributed by atoms with Crippen LogP contribution in [0.15, 0.2) is 41.5 Å². The minimum Gasteiger partial charge on any atom is -0.497 e. The summed E-state index contributed by atoms with van der Waals surface area (Å²) in [5.74, 6) is 0.0953. The second-order valence-electron chi connectivity index (χ2n) is 9.28. The van der Waals surface area contributed by atoms with Gasteiger partial charge in [0, 0.05) is 49.7 Å². The van der Waals surface area contributed by atoms with Gasteiger partial charge in [0.15, 0.2) is 11.6 Å². The van der Waals surface area contributed by atoms with E-state index in [1.165, 1.54) is 20.3 Å². The first kappa shape index (κ1) is 25.9. The van der Waals surface area contributed by atoms with Crippen LogP contribution < -0.4 is 25.2 Å². The van der Waals surface area contributed by atoms with Gasteiger partial charge in [-0.2, -0.15) is 0 Å². The van der Waals surface area contributed by atoms with Gasteiger partial charge >= 0.3 is 0 Å². The van der Waals surface area contributed by atoms with Crippen LogP contribution in [-0.2, 0) is 4.74 Å². The highest BCUT2D eigenvalue weighted by atomic mass is 19.1. The lowest BCUT2D eigenvalue weighted by molar-refractivity contribution is 0.0685. The Morgan fingerprint density at radius 3 is 2.67 bits per heavy atom. The number of hydrogen-bond donors (Lipinski definition) is 1. The Kier molecular flexibility index (Phi) is 8.43. The number of rotatable bonds is 10. The highest BCUT2D eigenvalue weighted by Crippen LogP contribution is 2.37. The third kappa shape index (κ3) is 5.63. The standard InChI is InChI=1S/C27H35FN4O4/c1-18(2)29-10-5-11-31(24-15-21(34-3)16-25(35-4)26(24)28)20-6-7-23-22(14-20)27(33)32(17-30-23)19-8-12-36-13-9-19/h6-7,14-19,29H,5,8-13H2,1-4H3. The summed E-state index contributed by atoms with van der Waals surface area (Å²) in [6.07, 6.45) is 3.93. The molecule has 1 fully saturated rings. The molecular weight excluding hydrogens is 463 g/mol. The van der Waals surface area contributed by atoms with Crippen molar-refractivity contribution in [1.29, 1.82) is 0 Å². The van der Waals surface area contributed by atoms with E-state index in [9.17, 15) is 4.79 Å². The van der Waals surface area contributed by atoms with Crippen molar-refractivity contribution in [3.8, 4) is 11.5 Å². The number of benzene rings is 2. The summed E-state index contributed by atoms with van der Waals surface area (Å²) in [5, 5.41) is 3.90. The molecule has 0 saturated carbocycles. The van der Waals surface area contributed by atoms with Crippen molar-refractivity contribution < 1.29 is 18.6 Å². The van der Waals surface area contributed by atoms with E-state index >= 15 is 4.39 Å². The van der Waals surface area contributed by atoms with E-state index in [1.54, 1.807) is 17.0 Å². The predicted octanol–water partition coefficient (Wildman–Crippen LogP) is 4.43. The molecule has 36 heavy (non-hydrogen) atoms. The average molecular weight is 499 g/mol. The Hall–Kier alpha value is -3.17. The fourth-order valence-corrected chi connectivity index (χ4v) is 4.55. The van der Waals surface area contributed by atoms with Gasteiger partial charge < -0.3 is 24.4 Å². The number of nitrogens with zero attached hydrogens (tertiary/aromatic N) is 3. The number of anilines is 2. The van der Waals surface area contributed by atoms with E-state index in [0.29, 0.717) is 53.8 Å². The molecule has 0 unspecified atom stereocenters. The molecule has 1 aromatic heterocycles. The third-order valence-corrected chi connectivity index (χ3v) is 6.51. The van der Waals surface area contributed by atoms with Crippen LogP contribution in [-0.4, -0.2) is 56.1 Å². The van der Waals surface area contributed by atoms with Crippen LogP contribution >= 0.6 is 0 Å². The van der Waals surface area contributed by atoms with Gasteiger partial charge in [0.2, 0.25) is 0 Å². The molecule has 0 spiro atoms. The van der Waals surface area contributed by atoms with E-state index in [-0.39, 0.29) is 17.4 Å². The molecule has 194 valence electrons. The van der Waals surface area contributed by atoms with Crippen molar-refractivity contribution in [2.24, 2.45) is 0 Å². The Bertz CT molecular complexity index is 1240. The molecular formula is C27H35FN4O4. The molecule has 1 N–H and O–H groups in total. The van der Waals surface area contributed by atoms with E-state index in [4.69, 9.17) is 14.2 Å². The Morgan fingerprint density at radius 1 is 1.19 bits per heavy atom. The van der Waals surface area contributed by atoms with Crippen LogP contribution in [0.1, 0.15) is 39.2 Å². The lowest BCUT2D eigenvalue weighted by atomic mass is 10.1. The molecule has 0 atom stereocenters. The molecule has 0 amide bonds. The maximum atomic E-state index is 15.5. The number of fused-ring (bicyclic) bond motifs is 1. The topological polar surface area (TPSA) is 77.8 Å². The number of halogens is 1. The summed E-state index contributed by atoms with van der Waals surface area (Å²) < 4.78 is 33.4. The zero-order valence-corrected chi connectivity index (χ0v) is 21.4. The summed E-state index contributed by atoms with van der Waals surface area (Å²) in [6.45, 7) is 6.72. The first-order valence-electron chi connectivity index (χ1n) is 12.4. The van der Waals surface area contributed by atoms with Crippen molar-refractivity contribution in [3.05, 3.63) is 52.8 Å². The van der Waals surface area contributed by atoms with E-state index in [2.05, 4.69) is 24.1 Å². The predicted molar refractivity (Wildman–Crippen MR) is 139 cm³/mol. The fraction of sp³-hybridized carbons (Fsp3) is 0.481. The first-order chi connectivity index (χ1) is 17.4. The maximum Gasteiger partial charge on any atom is 0.261 e.